The number of nitrogens with one attached hydrogen (secondary N) is 1. The zero-order valence-corrected chi connectivity index (χ0v) is 11.2. The van der Waals surface area contributed by atoms with Crippen molar-refractivity contribution < 1.29 is 14.8 Å². The summed E-state index contributed by atoms with van der Waals surface area (Å²) in [5, 5.41) is 22.9. The first-order valence-electron chi connectivity index (χ1n) is 5.79. The SMILES string of the molecule is COc1ncnc(NCC(C)(C)CCO)c1[N+](=O)[O-]. The molecule has 1 aromatic heterocycles. The van der Waals surface area contributed by atoms with E-state index in [2.05, 4.69) is 15.3 Å². The van der Waals surface area contributed by atoms with Crippen LogP contribution < -0.4 is 10.1 Å². The minimum absolute atomic E-state index is 0.0594. The highest BCUT2D eigenvalue weighted by Gasteiger charge is 2.25. The first-order chi connectivity index (χ1) is 8.91. The predicted octanol–water partition coefficient (Wildman–Crippen LogP) is 1.21. The number of anilines is 1. The quantitative estimate of drug-likeness (QED) is 0.566. The number of aromatic nitrogens is 2. The van der Waals surface area contributed by atoms with Gasteiger partial charge < -0.3 is 15.2 Å². The van der Waals surface area contributed by atoms with Crippen molar-refractivity contribution in [2.45, 2.75) is 20.3 Å². The lowest BCUT2D eigenvalue weighted by atomic mass is 9.90. The van der Waals surface area contributed by atoms with Gasteiger partial charge in [0.25, 0.3) is 5.88 Å². The summed E-state index contributed by atoms with van der Waals surface area (Å²) in [7, 11) is 1.31. The van der Waals surface area contributed by atoms with Crippen LogP contribution in [0, 0.1) is 15.5 Å². The number of aliphatic hydroxyl groups excluding tert-OH is 1. The highest BCUT2D eigenvalue weighted by atomic mass is 16.6. The van der Waals surface area contributed by atoms with Crippen LogP contribution in [0.1, 0.15) is 20.3 Å². The first-order valence-corrected chi connectivity index (χ1v) is 5.79. The average Bonchev–Trinajstić information content (AvgIpc) is 2.35. The number of aliphatic hydroxyl groups is 1. The fourth-order valence-corrected chi connectivity index (χ4v) is 1.52. The maximum Gasteiger partial charge on any atom is 0.372 e. The molecule has 8 heteroatoms. The van der Waals surface area contributed by atoms with Crippen LogP contribution in [-0.4, -0.2) is 40.3 Å². The number of rotatable bonds is 7. The van der Waals surface area contributed by atoms with Gasteiger partial charge in [-0.2, -0.15) is 4.98 Å². The molecule has 0 spiro atoms. The molecule has 0 saturated carbocycles. The second kappa shape index (κ2) is 6.28. The molecular formula is C11H18N4O4. The van der Waals surface area contributed by atoms with Crippen LogP contribution in [0.25, 0.3) is 0 Å². The normalized spacial score (nSPS) is 11.2. The maximum atomic E-state index is 11.0. The number of nitrogens with zero attached hydrogens (tertiary/aromatic N) is 3. The minimum atomic E-state index is -0.583. The van der Waals surface area contributed by atoms with E-state index in [1.54, 1.807) is 0 Å². The Morgan fingerprint density at radius 2 is 2.21 bits per heavy atom. The van der Waals surface area contributed by atoms with Crippen molar-refractivity contribution in [1.29, 1.82) is 0 Å². The van der Waals surface area contributed by atoms with Crippen molar-refractivity contribution in [3.63, 3.8) is 0 Å². The van der Waals surface area contributed by atoms with Crippen LogP contribution in [0.3, 0.4) is 0 Å². The molecule has 0 aliphatic carbocycles. The van der Waals surface area contributed by atoms with E-state index in [0.29, 0.717) is 13.0 Å². The smallest absolute Gasteiger partial charge is 0.372 e. The Balaban J connectivity index is 2.92. The average molecular weight is 270 g/mol. The van der Waals surface area contributed by atoms with Crippen LogP contribution in [-0.2, 0) is 0 Å². The van der Waals surface area contributed by atoms with Gasteiger partial charge >= 0.3 is 5.69 Å². The largest absolute Gasteiger partial charge is 0.476 e. The van der Waals surface area contributed by atoms with Crippen LogP contribution in [0.2, 0.25) is 0 Å². The van der Waals surface area contributed by atoms with Gasteiger partial charge in [0.2, 0.25) is 5.82 Å². The van der Waals surface area contributed by atoms with Gasteiger partial charge in [-0.15, -0.1) is 0 Å². The Morgan fingerprint density at radius 1 is 1.53 bits per heavy atom. The molecule has 0 atom stereocenters. The Labute approximate surface area is 111 Å². The van der Waals surface area contributed by atoms with E-state index in [-0.39, 0.29) is 29.4 Å². The van der Waals surface area contributed by atoms with E-state index in [1.165, 1.54) is 13.4 Å². The highest BCUT2D eigenvalue weighted by Crippen LogP contribution is 2.31. The van der Waals surface area contributed by atoms with Crippen LogP contribution >= 0.6 is 0 Å². The summed E-state index contributed by atoms with van der Waals surface area (Å²) < 4.78 is 4.85. The third-order valence-electron chi connectivity index (χ3n) is 2.69. The zero-order chi connectivity index (χ0) is 14.5. The molecule has 1 aromatic rings. The molecule has 1 rings (SSSR count). The van der Waals surface area contributed by atoms with Crippen molar-refractivity contribution in [1.82, 2.24) is 9.97 Å². The summed E-state index contributed by atoms with van der Waals surface area (Å²) in [6.07, 6.45) is 1.78. The van der Waals surface area contributed by atoms with E-state index in [9.17, 15) is 10.1 Å². The fraction of sp³-hybridized carbons (Fsp3) is 0.636. The lowest BCUT2D eigenvalue weighted by Crippen LogP contribution is -2.25. The number of hydrogen-bond donors (Lipinski definition) is 2. The number of ether oxygens (including phenoxy) is 1. The second-order valence-electron chi connectivity index (χ2n) is 4.83. The molecule has 2 N–H and O–H groups in total. The molecule has 0 fully saturated rings. The molecule has 0 bridgehead atoms. The molecule has 0 saturated heterocycles. The Kier molecular flexibility index (Phi) is 4.99. The lowest BCUT2D eigenvalue weighted by molar-refractivity contribution is -0.385. The number of hydrogen-bond acceptors (Lipinski definition) is 7. The number of methoxy groups -OCH3 is 1. The molecular weight excluding hydrogens is 252 g/mol. The highest BCUT2D eigenvalue weighted by molar-refractivity contribution is 5.61. The summed E-state index contributed by atoms with van der Waals surface area (Å²) >= 11 is 0. The van der Waals surface area contributed by atoms with E-state index in [0.717, 1.165) is 0 Å². The lowest BCUT2D eigenvalue weighted by Gasteiger charge is -2.23. The van der Waals surface area contributed by atoms with Gasteiger partial charge in [0.15, 0.2) is 0 Å². The predicted molar refractivity (Wildman–Crippen MR) is 69.2 cm³/mol. The molecule has 0 amide bonds. The molecule has 106 valence electrons. The van der Waals surface area contributed by atoms with Crippen LogP contribution in [0.4, 0.5) is 11.5 Å². The summed E-state index contributed by atoms with van der Waals surface area (Å²) in [4.78, 5) is 18.0. The standard InChI is InChI=1S/C11H18N4O4/c1-11(2,4-5-16)6-12-9-8(15(17)18)10(19-3)14-7-13-9/h7,16H,4-6H2,1-3H3,(H,12,13,14). The van der Waals surface area contributed by atoms with E-state index >= 15 is 0 Å². The fourth-order valence-electron chi connectivity index (χ4n) is 1.52. The summed E-state index contributed by atoms with van der Waals surface area (Å²) in [5.74, 6) is 0.0327. The van der Waals surface area contributed by atoms with Gasteiger partial charge in [0.1, 0.15) is 6.33 Å². The Morgan fingerprint density at radius 3 is 2.74 bits per heavy atom. The third kappa shape index (κ3) is 4.02. The monoisotopic (exact) mass is 270 g/mol. The Bertz CT molecular complexity index is 450. The minimum Gasteiger partial charge on any atom is -0.476 e. The zero-order valence-electron chi connectivity index (χ0n) is 11.2. The van der Waals surface area contributed by atoms with Crippen molar-refractivity contribution in [2.24, 2.45) is 5.41 Å². The molecule has 0 unspecified atom stereocenters. The number of nitro groups is 1. The second-order valence-corrected chi connectivity index (χ2v) is 4.83. The molecule has 8 nitrogen and oxygen atoms in total. The van der Waals surface area contributed by atoms with Gasteiger partial charge in [-0.1, -0.05) is 13.8 Å². The molecule has 1 heterocycles. The molecule has 0 aliphatic rings. The van der Waals surface area contributed by atoms with Gasteiger partial charge in [-0.3, -0.25) is 10.1 Å². The summed E-state index contributed by atoms with van der Waals surface area (Å²) in [6.45, 7) is 4.39. The van der Waals surface area contributed by atoms with Crippen LogP contribution in [0.5, 0.6) is 5.88 Å². The van der Waals surface area contributed by atoms with E-state index in [1.807, 2.05) is 13.8 Å². The van der Waals surface area contributed by atoms with Gasteiger partial charge in [0, 0.05) is 13.2 Å². The van der Waals surface area contributed by atoms with Gasteiger partial charge in [-0.25, -0.2) is 4.98 Å². The summed E-state index contributed by atoms with van der Waals surface area (Å²) in [5.41, 5.74) is -0.495. The van der Waals surface area contributed by atoms with Crippen LogP contribution in [0.15, 0.2) is 6.33 Å². The van der Waals surface area contributed by atoms with Crippen molar-refractivity contribution in [3.05, 3.63) is 16.4 Å². The van der Waals surface area contributed by atoms with Gasteiger partial charge in [-0.05, 0) is 11.8 Å². The maximum absolute atomic E-state index is 11.0. The molecule has 0 aromatic carbocycles. The molecule has 0 aliphatic heterocycles. The Hall–Kier alpha value is -1.96. The van der Waals surface area contributed by atoms with Crippen molar-refractivity contribution >= 4 is 11.5 Å². The summed E-state index contributed by atoms with van der Waals surface area (Å²) in [6, 6.07) is 0. The third-order valence-corrected chi connectivity index (χ3v) is 2.69. The van der Waals surface area contributed by atoms with E-state index in [4.69, 9.17) is 9.84 Å². The van der Waals surface area contributed by atoms with Crippen molar-refractivity contribution in [2.75, 3.05) is 25.6 Å². The van der Waals surface area contributed by atoms with E-state index < -0.39 is 4.92 Å². The molecule has 0 radical (unpaired) electrons. The topological polar surface area (TPSA) is 110 Å². The molecule has 19 heavy (non-hydrogen) atoms. The van der Waals surface area contributed by atoms with Crippen molar-refractivity contribution in [3.8, 4) is 5.88 Å². The first kappa shape index (κ1) is 15.1. The van der Waals surface area contributed by atoms with Gasteiger partial charge in [0.05, 0.1) is 12.0 Å².